The number of aromatic nitrogens is 4. The van der Waals surface area contributed by atoms with E-state index in [-0.39, 0.29) is 0 Å². The zero-order valence-electron chi connectivity index (χ0n) is 22.5. The number of rotatable bonds is 6. The lowest BCUT2D eigenvalue weighted by Crippen LogP contribution is -2.12. The number of pyridine rings is 4. The predicted octanol–water partition coefficient (Wildman–Crippen LogP) is 7.61. The molecule has 42 heavy (non-hydrogen) atoms. The van der Waals surface area contributed by atoms with E-state index in [9.17, 15) is 0 Å². The Morgan fingerprint density at radius 1 is 0.357 bits per heavy atom. The highest BCUT2D eigenvalue weighted by Crippen LogP contribution is 2.32. The van der Waals surface area contributed by atoms with Crippen molar-refractivity contribution in [3.8, 4) is 23.7 Å². The van der Waals surface area contributed by atoms with E-state index in [4.69, 9.17) is 0 Å². The third kappa shape index (κ3) is 6.15. The first kappa shape index (κ1) is 26.0. The molecule has 0 saturated carbocycles. The topological polar surface area (TPSA) is 58.0 Å². The van der Waals surface area contributed by atoms with Crippen LogP contribution in [0.5, 0.6) is 0 Å². The first-order chi connectivity index (χ1) is 20.8. The normalized spacial score (nSPS) is 10.0. The molecule has 198 valence electrons. The molecule has 6 heteroatoms. The van der Waals surface area contributed by atoms with Crippen LogP contribution in [-0.4, -0.2) is 19.9 Å². The highest BCUT2D eigenvalue weighted by Gasteiger charge is 2.15. The number of benzene rings is 2. The largest absolute Gasteiger partial charge is 0.279 e. The molecular formula is C36H24N6. The zero-order valence-corrected chi connectivity index (χ0v) is 22.5. The maximum Gasteiger partial charge on any atom is 0.138 e. The summed E-state index contributed by atoms with van der Waals surface area (Å²) in [4.78, 5) is 22.1. The second-order valence-electron chi connectivity index (χ2n) is 9.02. The molecule has 2 aromatic carbocycles. The average Bonchev–Trinajstić information content (AvgIpc) is 3.07. The van der Waals surface area contributed by atoms with Crippen molar-refractivity contribution < 1.29 is 0 Å². The molecule has 0 amide bonds. The molecule has 0 aliphatic heterocycles. The van der Waals surface area contributed by atoms with Gasteiger partial charge in [0.25, 0.3) is 0 Å². The fraction of sp³-hybridized carbons (Fsp3) is 0. The lowest BCUT2D eigenvalue weighted by atomic mass is 10.1. The lowest BCUT2D eigenvalue weighted by molar-refractivity contribution is 1.12. The highest BCUT2D eigenvalue weighted by molar-refractivity contribution is 5.73. The van der Waals surface area contributed by atoms with Gasteiger partial charge >= 0.3 is 0 Å². The second kappa shape index (κ2) is 12.7. The molecule has 0 aliphatic rings. The van der Waals surface area contributed by atoms with Crippen LogP contribution >= 0.6 is 0 Å². The molecule has 0 spiro atoms. The molecule has 0 unspecified atom stereocenters. The van der Waals surface area contributed by atoms with Crippen LogP contribution in [0.1, 0.15) is 11.1 Å². The fourth-order valence-corrected chi connectivity index (χ4v) is 4.30. The number of hydrogen-bond acceptors (Lipinski definition) is 6. The van der Waals surface area contributed by atoms with Gasteiger partial charge in [0.15, 0.2) is 0 Å². The van der Waals surface area contributed by atoms with E-state index in [0.29, 0.717) is 0 Å². The maximum absolute atomic E-state index is 4.52. The third-order valence-corrected chi connectivity index (χ3v) is 6.24. The van der Waals surface area contributed by atoms with Crippen molar-refractivity contribution in [1.82, 2.24) is 19.9 Å². The molecule has 0 N–H and O–H groups in total. The van der Waals surface area contributed by atoms with Gasteiger partial charge in [0, 0.05) is 47.3 Å². The minimum atomic E-state index is 0.787. The molecule has 0 aliphatic carbocycles. The van der Waals surface area contributed by atoms with Crippen LogP contribution in [0.3, 0.4) is 0 Å². The summed E-state index contributed by atoms with van der Waals surface area (Å²) in [6.45, 7) is 0. The number of nitrogens with zero attached hydrogens (tertiary/aromatic N) is 6. The van der Waals surface area contributed by atoms with Crippen molar-refractivity contribution in [3.63, 3.8) is 0 Å². The first-order valence-corrected chi connectivity index (χ1v) is 13.3. The molecule has 0 radical (unpaired) electrons. The minimum absolute atomic E-state index is 0.787. The SMILES string of the molecule is C(C#Cc1ccc(N(c2ccccn2)c2ccccn2)cc1)#Cc1ccc(N(c2ccccn2)c2ccccn2)cc1. The van der Waals surface area contributed by atoms with Crippen LogP contribution in [0.4, 0.5) is 34.6 Å². The van der Waals surface area contributed by atoms with Crippen LogP contribution in [0.15, 0.2) is 146 Å². The van der Waals surface area contributed by atoms with E-state index in [1.54, 1.807) is 24.8 Å². The third-order valence-electron chi connectivity index (χ3n) is 6.24. The molecule has 0 atom stereocenters. The monoisotopic (exact) mass is 540 g/mol. The highest BCUT2D eigenvalue weighted by atomic mass is 15.2. The van der Waals surface area contributed by atoms with E-state index in [1.165, 1.54) is 0 Å². The zero-order chi connectivity index (χ0) is 28.4. The Hall–Kier alpha value is -6.24. The van der Waals surface area contributed by atoms with Gasteiger partial charge in [0.1, 0.15) is 23.3 Å². The van der Waals surface area contributed by atoms with Gasteiger partial charge in [-0.25, -0.2) is 19.9 Å². The molecule has 4 aromatic heterocycles. The maximum atomic E-state index is 4.52. The second-order valence-corrected chi connectivity index (χ2v) is 9.02. The fourth-order valence-electron chi connectivity index (χ4n) is 4.30. The van der Waals surface area contributed by atoms with E-state index in [1.807, 2.05) is 131 Å². The van der Waals surface area contributed by atoms with Crippen molar-refractivity contribution in [3.05, 3.63) is 157 Å². The van der Waals surface area contributed by atoms with E-state index in [0.717, 1.165) is 45.8 Å². The molecule has 0 fully saturated rings. The van der Waals surface area contributed by atoms with Gasteiger partial charge in [0.2, 0.25) is 0 Å². The standard InChI is InChI=1S/C36H24N6/c1(11-29-17-21-31(22-18-29)41(33-13-3-7-25-37-33)34-14-4-8-26-38-34)2-12-30-19-23-32(24-20-30)42(35-15-5-9-27-39-35)36-16-6-10-28-40-36/h3-10,13-28H. The van der Waals surface area contributed by atoms with E-state index in [2.05, 4.69) is 43.6 Å². The molecule has 6 aromatic rings. The minimum Gasteiger partial charge on any atom is -0.279 e. The van der Waals surface area contributed by atoms with Crippen LogP contribution in [0, 0.1) is 23.7 Å². The van der Waals surface area contributed by atoms with Gasteiger partial charge in [-0.1, -0.05) is 36.1 Å². The Morgan fingerprint density at radius 2 is 0.667 bits per heavy atom. The van der Waals surface area contributed by atoms with Gasteiger partial charge in [0.05, 0.1) is 0 Å². The first-order valence-electron chi connectivity index (χ1n) is 13.3. The summed E-state index contributed by atoms with van der Waals surface area (Å²) in [6, 6.07) is 39.2. The van der Waals surface area contributed by atoms with E-state index < -0.39 is 0 Å². The smallest absolute Gasteiger partial charge is 0.138 e. The van der Waals surface area contributed by atoms with Crippen LogP contribution in [0.2, 0.25) is 0 Å². The van der Waals surface area contributed by atoms with Gasteiger partial charge in [-0.3, -0.25) is 9.80 Å². The Morgan fingerprint density at radius 3 is 0.929 bits per heavy atom. The van der Waals surface area contributed by atoms with E-state index >= 15 is 0 Å². The van der Waals surface area contributed by atoms with Crippen molar-refractivity contribution >= 4 is 34.6 Å². The summed E-state index contributed by atoms with van der Waals surface area (Å²) in [6.07, 6.45) is 7.09. The van der Waals surface area contributed by atoms with Crippen LogP contribution in [0.25, 0.3) is 0 Å². The summed E-state index contributed by atoms with van der Waals surface area (Å²) >= 11 is 0. The van der Waals surface area contributed by atoms with Gasteiger partial charge in [-0.2, -0.15) is 0 Å². The van der Waals surface area contributed by atoms with Gasteiger partial charge in [-0.05, 0) is 109 Å². The summed E-state index contributed by atoms with van der Waals surface area (Å²) in [7, 11) is 0. The molecule has 4 heterocycles. The summed E-state index contributed by atoms with van der Waals surface area (Å²) < 4.78 is 0. The van der Waals surface area contributed by atoms with Crippen molar-refractivity contribution in [2.24, 2.45) is 0 Å². The van der Waals surface area contributed by atoms with Crippen LogP contribution in [-0.2, 0) is 0 Å². The number of anilines is 6. The summed E-state index contributed by atoms with van der Waals surface area (Å²) in [5, 5.41) is 0. The Bertz CT molecular complexity index is 1630. The van der Waals surface area contributed by atoms with Gasteiger partial charge in [-0.15, -0.1) is 0 Å². The lowest BCUT2D eigenvalue weighted by Gasteiger charge is -2.22. The Balaban J connectivity index is 1.18. The van der Waals surface area contributed by atoms with Crippen molar-refractivity contribution in [2.75, 3.05) is 9.80 Å². The van der Waals surface area contributed by atoms with Crippen molar-refractivity contribution in [2.45, 2.75) is 0 Å². The Labute approximate surface area is 245 Å². The number of hydrogen-bond donors (Lipinski definition) is 0. The van der Waals surface area contributed by atoms with Crippen LogP contribution < -0.4 is 9.80 Å². The average molecular weight is 541 g/mol. The summed E-state index contributed by atoms with van der Waals surface area (Å²) in [5.74, 6) is 15.4. The molecule has 6 rings (SSSR count). The molecular weight excluding hydrogens is 516 g/mol. The quantitative estimate of drug-likeness (QED) is 0.203. The van der Waals surface area contributed by atoms with Crippen molar-refractivity contribution in [1.29, 1.82) is 0 Å². The predicted molar refractivity (Wildman–Crippen MR) is 167 cm³/mol. The molecule has 0 bridgehead atoms. The summed E-state index contributed by atoms with van der Waals surface area (Å²) in [5.41, 5.74) is 3.61. The Kier molecular flexibility index (Phi) is 7.89. The molecule has 6 nitrogen and oxygen atoms in total. The van der Waals surface area contributed by atoms with Gasteiger partial charge < -0.3 is 0 Å². The molecule has 0 saturated heterocycles.